The number of aliphatic hydroxyl groups is 1. The van der Waals surface area contributed by atoms with E-state index in [9.17, 15) is 43.2 Å². The largest absolute Gasteiger partial charge is 0.472 e. The van der Waals surface area contributed by atoms with Crippen molar-refractivity contribution in [1.82, 2.24) is 0 Å². The topological polar surface area (TPSA) is 237 Å². The molecule has 0 aliphatic carbocycles. The molecule has 0 radical (unpaired) electrons. The molecule has 574 valence electrons. The summed E-state index contributed by atoms with van der Waals surface area (Å²) in [6.45, 7) is 4.49. The first kappa shape index (κ1) is 95.5. The van der Waals surface area contributed by atoms with E-state index in [1.54, 1.807) is 6.08 Å². The van der Waals surface area contributed by atoms with Gasteiger partial charge in [0.15, 0.2) is 12.2 Å². The lowest BCUT2D eigenvalue weighted by Gasteiger charge is -2.21. The van der Waals surface area contributed by atoms with Gasteiger partial charge in [-0.3, -0.25) is 37.3 Å². The summed E-state index contributed by atoms with van der Waals surface area (Å²) in [5.74, 6) is -2.37. The molecular weight excluding hydrogens is 1310 g/mol. The standard InChI is InChI=1S/C81H138O17P2/c1-5-9-13-17-21-25-29-33-37-41-45-49-53-57-61-65-78(83)91-71-76(97-80(85)67-63-59-55-51-47-43-39-35-31-27-23-19-15-11-7-3)73-95-99(87,88)93-69-75(82)70-94-100(89,90)96-74-77(98-81(86)68-64-60-56-52-48-44-40-36-32-28-24-20-16-12-8-4)72-92-79(84)66-62-58-54-50-46-42-38-34-30-26-22-18-14-10-6-2/h9,11,13,15,21,23,25,27,33-35,37-39,45,47,49,51,57,61,75-77,82H,5-8,10,12,14,16-20,22,24,26,28-32,36,40-44,46,48,50,52-56,58-60,62-74H2,1-4H3,(H,87,88)(H,89,90)/b13-9-,15-11-,25-21-,27-23-,37-33-,38-34-,39-35-,49-45-,51-47-,61-57-. The van der Waals surface area contributed by atoms with Crippen molar-refractivity contribution >= 4 is 39.5 Å². The molecule has 0 aromatic heterocycles. The first-order valence-electron chi connectivity index (χ1n) is 38.8. The van der Waals surface area contributed by atoms with Gasteiger partial charge >= 0.3 is 39.5 Å². The second-order valence-electron chi connectivity index (χ2n) is 25.6. The third-order valence-electron chi connectivity index (χ3n) is 16.0. The van der Waals surface area contributed by atoms with Crippen molar-refractivity contribution in [3.63, 3.8) is 0 Å². The monoisotopic (exact) mass is 1440 g/mol. The van der Waals surface area contributed by atoms with Crippen LogP contribution in [0.5, 0.6) is 0 Å². The number of allylic oxidation sites excluding steroid dienone is 19. The van der Waals surface area contributed by atoms with Crippen LogP contribution in [0, 0.1) is 0 Å². The molecule has 0 aromatic carbocycles. The van der Waals surface area contributed by atoms with Crippen molar-refractivity contribution in [2.75, 3.05) is 39.6 Å². The van der Waals surface area contributed by atoms with Crippen LogP contribution in [0.3, 0.4) is 0 Å². The second kappa shape index (κ2) is 72.8. The van der Waals surface area contributed by atoms with Gasteiger partial charge in [-0.05, 0) is 116 Å². The number of phosphoric ester groups is 2. The molecule has 0 aliphatic heterocycles. The van der Waals surface area contributed by atoms with Crippen LogP contribution in [0.15, 0.2) is 122 Å². The first-order chi connectivity index (χ1) is 48.7. The van der Waals surface area contributed by atoms with Crippen LogP contribution in [0.2, 0.25) is 0 Å². The third-order valence-corrected chi connectivity index (χ3v) is 17.9. The number of ether oxygens (including phenoxy) is 4. The lowest BCUT2D eigenvalue weighted by atomic mass is 10.0. The van der Waals surface area contributed by atoms with Crippen LogP contribution >= 0.6 is 15.6 Å². The Morgan fingerprint density at radius 1 is 0.300 bits per heavy atom. The van der Waals surface area contributed by atoms with Crippen molar-refractivity contribution in [2.45, 2.75) is 329 Å². The average molecular weight is 1450 g/mol. The van der Waals surface area contributed by atoms with Crippen molar-refractivity contribution in [2.24, 2.45) is 0 Å². The summed E-state index contributed by atoms with van der Waals surface area (Å²) < 4.78 is 68.3. The summed E-state index contributed by atoms with van der Waals surface area (Å²) in [7, 11) is -9.99. The quantitative estimate of drug-likeness (QED) is 0.0169. The van der Waals surface area contributed by atoms with Gasteiger partial charge in [-0.15, -0.1) is 0 Å². The molecular formula is C81H138O17P2. The first-order valence-corrected chi connectivity index (χ1v) is 41.8. The Labute approximate surface area is 606 Å². The highest BCUT2D eigenvalue weighted by Gasteiger charge is 2.30. The lowest BCUT2D eigenvalue weighted by molar-refractivity contribution is -0.161. The van der Waals surface area contributed by atoms with Crippen molar-refractivity contribution in [1.29, 1.82) is 0 Å². The number of carbonyl (C=O) groups is 4. The third kappa shape index (κ3) is 71.8. The summed E-state index contributed by atoms with van der Waals surface area (Å²) >= 11 is 0. The van der Waals surface area contributed by atoms with Gasteiger partial charge < -0.3 is 33.8 Å². The Hall–Kier alpha value is -4.54. The van der Waals surface area contributed by atoms with Crippen molar-refractivity contribution in [3.05, 3.63) is 122 Å². The highest BCUT2D eigenvalue weighted by Crippen LogP contribution is 2.45. The van der Waals surface area contributed by atoms with Gasteiger partial charge in [-0.2, -0.15) is 0 Å². The number of esters is 4. The van der Waals surface area contributed by atoms with E-state index in [2.05, 4.69) is 119 Å². The molecule has 0 saturated carbocycles. The number of hydrogen-bond donors (Lipinski definition) is 3. The van der Waals surface area contributed by atoms with E-state index in [4.69, 9.17) is 37.0 Å². The van der Waals surface area contributed by atoms with Gasteiger partial charge in [0.25, 0.3) is 0 Å². The molecule has 0 spiro atoms. The maximum atomic E-state index is 13.1. The Bertz CT molecular complexity index is 2370. The van der Waals surface area contributed by atoms with Crippen LogP contribution < -0.4 is 0 Å². The normalized spacial score (nSPS) is 14.6. The summed E-state index contributed by atoms with van der Waals surface area (Å²) in [6, 6.07) is 0. The number of aliphatic hydroxyl groups excluding tert-OH is 1. The molecule has 0 aromatic rings. The smallest absolute Gasteiger partial charge is 0.462 e. The van der Waals surface area contributed by atoms with Crippen LogP contribution in [0.25, 0.3) is 0 Å². The fourth-order valence-corrected chi connectivity index (χ4v) is 11.7. The van der Waals surface area contributed by atoms with Gasteiger partial charge in [-0.25, -0.2) is 9.13 Å². The Kier molecular flexibility index (Phi) is 69.5. The summed E-state index contributed by atoms with van der Waals surface area (Å²) in [5, 5.41) is 10.6. The van der Waals surface area contributed by atoms with Crippen LogP contribution in [0.1, 0.15) is 310 Å². The van der Waals surface area contributed by atoms with Crippen LogP contribution in [0.4, 0.5) is 0 Å². The molecule has 5 atom stereocenters. The highest BCUT2D eigenvalue weighted by molar-refractivity contribution is 7.47. The fraction of sp³-hybridized carbons (Fsp3) is 0.704. The molecule has 3 N–H and O–H groups in total. The van der Waals surface area contributed by atoms with Gasteiger partial charge in [0, 0.05) is 19.3 Å². The van der Waals surface area contributed by atoms with E-state index in [1.807, 2.05) is 24.3 Å². The molecule has 0 bridgehead atoms. The molecule has 17 nitrogen and oxygen atoms in total. The van der Waals surface area contributed by atoms with Crippen LogP contribution in [-0.4, -0.2) is 96.7 Å². The Balaban J connectivity index is 5.45. The van der Waals surface area contributed by atoms with E-state index in [1.165, 1.54) is 103 Å². The Morgan fingerprint density at radius 2 is 0.560 bits per heavy atom. The molecule has 0 saturated heterocycles. The van der Waals surface area contributed by atoms with Crippen LogP contribution in [-0.2, 0) is 65.4 Å². The number of unbranched alkanes of at least 4 members (excludes halogenated alkanes) is 27. The zero-order valence-electron chi connectivity index (χ0n) is 62.6. The summed E-state index contributed by atoms with van der Waals surface area (Å²) in [4.78, 5) is 72.8. The van der Waals surface area contributed by atoms with Crippen molar-refractivity contribution < 1.29 is 80.2 Å². The number of carbonyl (C=O) groups excluding carboxylic acids is 4. The zero-order chi connectivity index (χ0) is 73.2. The minimum Gasteiger partial charge on any atom is -0.462 e. The fourth-order valence-electron chi connectivity index (χ4n) is 10.1. The lowest BCUT2D eigenvalue weighted by Crippen LogP contribution is -2.30. The number of hydrogen-bond acceptors (Lipinski definition) is 15. The molecule has 0 rings (SSSR count). The predicted octanol–water partition coefficient (Wildman–Crippen LogP) is 22.3. The number of rotatable bonds is 72. The highest BCUT2D eigenvalue weighted by atomic mass is 31.2. The molecule has 100 heavy (non-hydrogen) atoms. The second-order valence-corrected chi connectivity index (χ2v) is 28.5. The van der Waals surface area contributed by atoms with E-state index < -0.39 is 97.5 Å². The Morgan fingerprint density at radius 3 is 0.920 bits per heavy atom. The van der Waals surface area contributed by atoms with E-state index in [0.717, 1.165) is 122 Å². The summed E-state index contributed by atoms with van der Waals surface area (Å²) in [5.41, 5.74) is 0. The maximum Gasteiger partial charge on any atom is 0.472 e. The zero-order valence-corrected chi connectivity index (χ0v) is 64.4. The average Bonchev–Trinajstić information content (AvgIpc) is 1.01. The predicted molar refractivity (Wildman–Crippen MR) is 408 cm³/mol. The molecule has 0 amide bonds. The van der Waals surface area contributed by atoms with E-state index in [-0.39, 0.29) is 25.7 Å². The van der Waals surface area contributed by atoms with Gasteiger partial charge in [0.05, 0.1) is 32.8 Å². The molecule has 0 fully saturated rings. The van der Waals surface area contributed by atoms with Gasteiger partial charge in [0.2, 0.25) is 0 Å². The number of phosphoric acid groups is 2. The maximum absolute atomic E-state index is 13.1. The summed E-state index contributed by atoms with van der Waals surface area (Å²) in [6.07, 6.45) is 79.4. The van der Waals surface area contributed by atoms with Crippen molar-refractivity contribution in [3.8, 4) is 0 Å². The SMILES string of the molecule is CC/C=C\C/C=C\C/C=C\C/C=C\C/C=C\CC(=O)OCC(COP(=O)(O)OCC(O)COP(=O)(O)OCC(COC(=O)CCCCCCC/C=C\CCCCCCCC)OC(=O)CCCCCCCCCCCCCCCCC)OC(=O)CCCC/C=C\C/C=C\C/C=C\C/C=C\CC. The minimum atomic E-state index is -5.01. The molecule has 0 heterocycles. The van der Waals surface area contributed by atoms with Gasteiger partial charge in [-0.1, -0.05) is 290 Å². The molecule has 19 heteroatoms. The minimum absolute atomic E-state index is 0.0209. The van der Waals surface area contributed by atoms with E-state index in [0.29, 0.717) is 32.1 Å². The molecule has 5 unspecified atom stereocenters. The molecule has 0 aliphatic rings. The van der Waals surface area contributed by atoms with E-state index >= 15 is 0 Å². The van der Waals surface area contributed by atoms with Gasteiger partial charge in [0.1, 0.15) is 19.3 Å².